The Morgan fingerprint density at radius 1 is 1.19 bits per heavy atom. The van der Waals surface area contributed by atoms with Crippen LogP contribution in [0, 0.1) is 0 Å². The Kier molecular flexibility index (Phi) is 7.39. The smallest absolute Gasteiger partial charge is 0.0591 e. The largest absolute Gasteiger partial charge is 0.380 e. The monoisotopic (exact) mass is 219 g/mol. The van der Waals surface area contributed by atoms with Crippen molar-refractivity contribution in [3.05, 3.63) is 48.6 Å². The number of unbranched alkanes of at least 4 members (excludes halogenated alkanes) is 1. The van der Waals surface area contributed by atoms with E-state index in [1.165, 1.54) is 5.56 Å². The van der Waals surface area contributed by atoms with E-state index < -0.39 is 0 Å². The fourth-order valence-corrected chi connectivity index (χ4v) is 1.40. The highest BCUT2D eigenvalue weighted by atomic mass is 16.5. The summed E-state index contributed by atoms with van der Waals surface area (Å²) >= 11 is 0. The van der Waals surface area contributed by atoms with E-state index >= 15 is 0 Å². The summed E-state index contributed by atoms with van der Waals surface area (Å²) in [5.41, 5.74) is 1.31. The zero-order chi connectivity index (χ0) is 11.5. The Bertz CT molecular complexity index is 271. The molecule has 16 heavy (non-hydrogen) atoms. The number of benzene rings is 1. The standard InChI is InChI=1S/C14H21NO/c1-2-3-7-11-16-12-10-15-13-14-8-5-4-6-9-14/h2,4-6,8-9,15H,1,3,7,10-13H2. The van der Waals surface area contributed by atoms with Crippen LogP contribution in [0.15, 0.2) is 43.0 Å². The van der Waals surface area contributed by atoms with Gasteiger partial charge in [0.1, 0.15) is 0 Å². The van der Waals surface area contributed by atoms with Gasteiger partial charge in [0.25, 0.3) is 0 Å². The minimum atomic E-state index is 0.782. The summed E-state index contributed by atoms with van der Waals surface area (Å²) in [4.78, 5) is 0. The van der Waals surface area contributed by atoms with Gasteiger partial charge >= 0.3 is 0 Å². The third-order valence-electron chi connectivity index (χ3n) is 2.29. The molecule has 0 radical (unpaired) electrons. The van der Waals surface area contributed by atoms with Crippen molar-refractivity contribution in [1.29, 1.82) is 0 Å². The molecule has 0 aliphatic heterocycles. The van der Waals surface area contributed by atoms with E-state index in [4.69, 9.17) is 4.74 Å². The lowest BCUT2D eigenvalue weighted by Gasteiger charge is -2.05. The quantitative estimate of drug-likeness (QED) is 0.509. The van der Waals surface area contributed by atoms with E-state index in [9.17, 15) is 0 Å². The molecule has 0 aliphatic rings. The Labute approximate surface area is 98.3 Å². The lowest BCUT2D eigenvalue weighted by molar-refractivity contribution is 0.134. The van der Waals surface area contributed by atoms with Gasteiger partial charge in [-0.15, -0.1) is 6.58 Å². The molecule has 0 fully saturated rings. The first-order valence-corrected chi connectivity index (χ1v) is 5.87. The van der Waals surface area contributed by atoms with Gasteiger partial charge in [0.05, 0.1) is 6.61 Å². The van der Waals surface area contributed by atoms with Crippen molar-refractivity contribution in [1.82, 2.24) is 5.32 Å². The fraction of sp³-hybridized carbons (Fsp3) is 0.429. The Hall–Kier alpha value is -1.12. The molecular formula is C14H21NO. The van der Waals surface area contributed by atoms with Gasteiger partial charge in [0.15, 0.2) is 0 Å². The number of ether oxygens (including phenoxy) is 1. The zero-order valence-electron chi connectivity index (χ0n) is 9.82. The molecule has 0 aliphatic carbocycles. The fourth-order valence-electron chi connectivity index (χ4n) is 1.40. The van der Waals surface area contributed by atoms with Gasteiger partial charge in [0, 0.05) is 19.7 Å². The highest BCUT2D eigenvalue weighted by molar-refractivity contribution is 5.14. The molecule has 1 aromatic rings. The molecule has 0 heterocycles. The summed E-state index contributed by atoms with van der Waals surface area (Å²) < 4.78 is 5.46. The molecule has 0 saturated carbocycles. The van der Waals surface area contributed by atoms with E-state index in [-0.39, 0.29) is 0 Å². The van der Waals surface area contributed by atoms with Crippen LogP contribution in [0.2, 0.25) is 0 Å². The third-order valence-corrected chi connectivity index (χ3v) is 2.29. The molecule has 0 spiro atoms. The lowest BCUT2D eigenvalue weighted by atomic mass is 10.2. The van der Waals surface area contributed by atoms with Crippen LogP contribution < -0.4 is 5.32 Å². The van der Waals surface area contributed by atoms with Crippen LogP contribution in [0.4, 0.5) is 0 Å². The van der Waals surface area contributed by atoms with Crippen LogP contribution >= 0.6 is 0 Å². The molecule has 2 heteroatoms. The minimum absolute atomic E-state index is 0.782. The maximum absolute atomic E-state index is 5.46. The van der Waals surface area contributed by atoms with Crippen LogP contribution in [-0.4, -0.2) is 19.8 Å². The predicted octanol–water partition coefficient (Wildman–Crippen LogP) is 2.76. The van der Waals surface area contributed by atoms with Crippen molar-refractivity contribution in [3.63, 3.8) is 0 Å². The zero-order valence-corrected chi connectivity index (χ0v) is 9.82. The lowest BCUT2D eigenvalue weighted by Crippen LogP contribution is -2.19. The molecule has 0 saturated heterocycles. The van der Waals surface area contributed by atoms with E-state index in [2.05, 4.69) is 36.2 Å². The van der Waals surface area contributed by atoms with Crippen molar-refractivity contribution in [2.24, 2.45) is 0 Å². The molecule has 0 unspecified atom stereocenters. The highest BCUT2D eigenvalue weighted by Gasteiger charge is 1.91. The third kappa shape index (κ3) is 6.38. The second-order valence-electron chi connectivity index (χ2n) is 3.71. The van der Waals surface area contributed by atoms with E-state index in [0.29, 0.717) is 0 Å². The SMILES string of the molecule is C=CCCCOCCNCc1ccccc1. The molecule has 1 rings (SSSR count). The average molecular weight is 219 g/mol. The van der Waals surface area contributed by atoms with E-state index in [0.717, 1.165) is 39.1 Å². The normalized spacial score (nSPS) is 10.2. The molecular weight excluding hydrogens is 198 g/mol. The summed E-state index contributed by atoms with van der Waals surface area (Å²) in [6.07, 6.45) is 4.04. The molecule has 0 amide bonds. The van der Waals surface area contributed by atoms with Gasteiger partial charge in [-0.25, -0.2) is 0 Å². The van der Waals surface area contributed by atoms with Crippen molar-refractivity contribution < 1.29 is 4.74 Å². The van der Waals surface area contributed by atoms with Crippen LogP contribution in [0.25, 0.3) is 0 Å². The number of nitrogens with one attached hydrogen (secondary N) is 1. The van der Waals surface area contributed by atoms with Gasteiger partial charge in [-0.2, -0.15) is 0 Å². The Morgan fingerprint density at radius 2 is 2.00 bits per heavy atom. The van der Waals surface area contributed by atoms with Crippen molar-refractivity contribution >= 4 is 0 Å². The molecule has 88 valence electrons. The van der Waals surface area contributed by atoms with E-state index in [1.54, 1.807) is 0 Å². The van der Waals surface area contributed by atoms with Crippen molar-refractivity contribution in [3.8, 4) is 0 Å². The number of rotatable bonds is 9. The molecule has 2 nitrogen and oxygen atoms in total. The Morgan fingerprint density at radius 3 is 2.75 bits per heavy atom. The Balaban J connectivity index is 1.90. The van der Waals surface area contributed by atoms with Crippen LogP contribution in [0.1, 0.15) is 18.4 Å². The summed E-state index contributed by atoms with van der Waals surface area (Å²) in [5.74, 6) is 0. The molecule has 1 aromatic carbocycles. The van der Waals surface area contributed by atoms with Crippen molar-refractivity contribution in [2.45, 2.75) is 19.4 Å². The second kappa shape index (κ2) is 9.13. The van der Waals surface area contributed by atoms with Gasteiger partial charge in [0.2, 0.25) is 0 Å². The van der Waals surface area contributed by atoms with Gasteiger partial charge in [-0.05, 0) is 18.4 Å². The molecule has 1 N–H and O–H groups in total. The second-order valence-corrected chi connectivity index (χ2v) is 3.71. The highest BCUT2D eigenvalue weighted by Crippen LogP contribution is 1.96. The van der Waals surface area contributed by atoms with Crippen LogP contribution in [0.3, 0.4) is 0 Å². The number of allylic oxidation sites excluding steroid dienone is 1. The minimum Gasteiger partial charge on any atom is -0.380 e. The maximum atomic E-state index is 5.46. The average Bonchev–Trinajstić information content (AvgIpc) is 2.34. The summed E-state index contributed by atoms with van der Waals surface area (Å²) in [6.45, 7) is 7.11. The first-order chi connectivity index (χ1) is 7.93. The van der Waals surface area contributed by atoms with Gasteiger partial charge in [-0.1, -0.05) is 36.4 Å². The summed E-state index contributed by atoms with van der Waals surface area (Å²) in [7, 11) is 0. The molecule has 0 aromatic heterocycles. The topological polar surface area (TPSA) is 21.3 Å². The molecule has 0 atom stereocenters. The molecule has 0 bridgehead atoms. The first-order valence-electron chi connectivity index (χ1n) is 5.87. The van der Waals surface area contributed by atoms with Crippen molar-refractivity contribution in [2.75, 3.05) is 19.8 Å². The number of hydrogen-bond acceptors (Lipinski definition) is 2. The number of hydrogen-bond donors (Lipinski definition) is 1. The summed E-state index contributed by atoms with van der Waals surface area (Å²) in [5, 5.41) is 3.35. The first kappa shape index (κ1) is 12.9. The van der Waals surface area contributed by atoms with E-state index in [1.807, 2.05) is 12.1 Å². The summed E-state index contributed by atoms with van der Waals surface area (Å²) in [6, 6.07) is 10.4. The maximum Gasteiger partial charge on any atom is 0.0591 e. The van der Waals surface area contributed by atoms with Crippen LogP contribution in [0.5, 0.6) is 0 Å². The van der Waals surface area contributed by atoms with Gasteiger partial charge < -0.3 is 10.1 Å². The van der Waals surface area contributed by atoms with Crippen LogP contribution in [-0.2, 0) is 11.3 Å². The van der Waals surface area contributed by atoms with Gasteiger partial charge in [-0.3, -0.25) is 0 Å². The predicted molar refractivity (Wildman–Crippen MR) is 68.4 cm³/mol.